The number of rotatable bonds is 4. The summed E-state index contributed by atoms with van der Waals surface area (Å²) in [6, 6.07) is 5.46. The quantitative estimate of drug-likeness (QED) is 0.684. The van der Waals surface area contributed by atoms with E-state index in [2.05, 4.69) is 5.32 Å². The highest BCUT2D eigenvalue weighted by Crippen LogP contribution is 2.17. The summed E-state index contributed by atoms with van der Waals surface area (Å²) in [6.07, 6.45) is 1.34. The lowest BCUT2D eigenvalue weighted by Gasteiger charge is -2.30. The molecule has 5 heteroatoms. The van der Waals surface area contributed by atoms with Crippen molar-refractivity contribution in [3.05, 3.63) is 34.9 Å². The van der Waals surface area contributed by atoms with Crippen molar-refractivity contribution < 1.29 is 14.4 Å². The first kappa shape index (κ1) is 17.9. The van der Waals surface area contributed by atoms with Gasteiger partial charge in [-0.1, -0.05) is 37.6 Å². The van der Waals surface area contributed by atoms with Crippen LogP contribution in [-0.4, -0.2) is 29.2 Å². The van der Waals surface area contributed by atoms with Gasteiger partial charge in [0.15, 0.2) is 0 Å². The molecule has 1 aliphatic heterocycles. The summed E-state index contributed by atoms with van der Waals surface area (Å²) in [7, 11) is 0. The van der Waals surface area contributed by atoms with Crippen LogP contribution in [0.5, 0.6) is 0 Å². The number of nitrogens with zero attached hydrogens (tertiary/aromatic N) is 1. The first-order valence-corrected chi connectivity index (χ1v) is 7.62. The second-order valence-corrected chi connectivity index (χ2v) is 5.17. The van der Waals surface area contributed by atoms with Gasteiger partial charge in [0.2, 0.25) is 18.2 Å². The third-order valence-corrected chi connectivity index (χ3v) is 3.60. The smallest absolute Gasteiger partial charge is 0.249 e. The fourth-order valence-corrected chi connectivity index (χ4v) is 2.39. The Kier molecular flexibility index (Phi) is 6.76. The van der Waals surface area contributed by atoms with Crippen LogP contribution >= 0.6 is 0 Å². The molecule has 0 aromatic heterocycles. The minimum atomic E-state index is -0.565. The van der Waals surface area contributed by atoms with Crippen molar-refractivity contribution in [2.75, 3.05) is 0 Å². The maximum atomic E-state index is 11.8. The first-order chi connectivity index (χ1) is 10.5. The molecular weight excluding hydrogens is 280 g/mol. The molecule has 1 saturated heterocycles. The van der Waals surface area contributed by atoms with Gasteiger partial charge in [0, 0.05) is 13.0 Å². The Hall–Kier alpha value is -2.17. The number of carbonyl (C=O) groups is 3. The van der Waals surface area contributed by atoms with Crippen LogP contribution < -0.4 is 5.32 Å². The molecule has 0 saturated carbocycles. The van der Waals surface area contributed by atoms with Crippen LogP contribution in [0.1, 0.15) is 43.4 Å². The molecule has 2 rings (SSSR count). The van der Waals surface area contributed by atoms with E-state index in [4.69, 9.17) is 0 Å². The molecule has 1 heterocycles. The lowest BCUT2D eigenvalue weighted by Crippen LogP contribution is -2.51. The van der Waals surface area contributed by atoms with Gasteiger partial charge in [-0.3, -0.25) is 19.7 Å². The molecule has 1 N–H and O–H groups in total. The van der Waals surface area contributed by atoms with Crippen molar-refractivity contribution in [1.82, 2.24) is 10.2 Å². The van der Waals surface area contributed by atoms with E-state index in [9.17, 15) is 14.4 Å². The molecule has 1 fully saturated rings. The molecule has 22 heavy (non-hydrogen) atoms. The van der Waals surface area contributed by atoms with Crippen molar-refractivity contribution in [2.45, 2.75) is 53.1 Å². The van der Waals surface area contributed by atoms with Crippen molar-refractivity contribution in [2.24, 2.45) is 0 Å². The SMILES string of the molecule is CC.Cc1ccc(C)c(CN(C=O)C2CCC(=O)NC2=O)c1. The molecule has 1 atom stereocenters. The molecule has 1 aliphatic rings. The number of piperidine rings is 1. The van der Waals surface area contributed by atoms with E-state index in [-0.39, 0.29) is 12.3 Å². The molecule has 1 aromatic carbocycles. The Morgan fingerprint density at radius 1 is 1.27 bits per heavy atom. The van der Waals surface area contributed by atoms with E-state index in [1.165, 1.54) is 4.90 Å². The van der Waals surface area contributed by atoms with E-state index in [1.807, 2.05) is 45.9 Å². The Balaban J connectivity index is 0.00000116. The highest BCUT2D eigenvalue weighted by molar-refractivity contribution is 6.00. The Labute approximate surface area is 131 Å². The number of aryl methyl sites for hydroxylation is 2. The fraction of sp³-hybridized carbons (Fsp3) is 0.471. The normalized spacial score (nSPS) is 17.2. The highest BCUT2D eigenvalue weighted by atomic mass is 16.2. The molecule has 1 unspecified atom stereocenters. The van der Waals surface area contributed by atoms with Gasteiger partial charge in [-0.25, -0.2) is 0 Å². The van der Waals surface area contributed by atoms with Crippen molar-refractivity contribution in [3.8, 4) is 0 Å². The lowest BCUT2D eigenvalue weighted by atomic mass is 10.0. The average molecular weight is 304 g/mol. The third-order valence-electron chi connectivity index (χ3n) is 3.60. The minimum absolute atomic E-state index is 0.271. The van der Waals surface area contributed by atoms with Crippen LogP contribution in [0.3, 0.4) is 0 Å². The monoisotopic (exact) mass is 304 g/mol. The summed E-state index contributed by atoms with van der Waals surface area (Å²) in [6.45, 7) is 8.34. The van der Waals surface area contributed by atoms with E-state index in [1.54, 1.807) is 0 Å². The van der Waals surface area contributed by atoms with Crippen LogP contribution in [0.2, 0.25) is 0 Å². The van der Waals surface area contributed by atoms with Crippen LogP contribution in [0, 0.1) is 13.8 Å². The van der Waals surface area contributed by atoms with E-state index in [0.29, 0.717) is 19.4 Å². The molecule has 3 amide bonds. The largest absolute Gasteiger partial charge is 0.329 e. The first-order valence-electron chi connectivity index (χ1n) is 7.62. The number of nitrogens with one attached hydrogen (secondary N) is 1. The molecule has 0 bridgehead atoms. The van der Waals surface area contributed by atoms with Crippen molar-refractivity contribution in [1.29, 1.82) is 0 Å². The lowest BCUT2D eigenvalue weighted by molar-refractivity contribution is -0.141. The number of benzene rings is 1. The van der Waals surface area contributed by atoms with Gasteiger partial charge in [0.25, 0.3) is 0 Å². The molecule has 120 valence electrons. The maximum absolute atomic E-state index is 11.8. The Bertz CT molecular complexity index is 555. The second kappa shape index (κ2) is 8.32. The van der Waals surface area contributed by atoms with E-state index >= 15 is 0 Å². The van der Waals surface area contributed by atoms with Gasteiger partial charge in [-0.15, -0.1) is 0 Å². The standard InChI is InChI=1S/C15H18N2O3.C2H6/c1-10-3-4-11(2)12(7-10)8-17(9-18)13-5-6-14(19)16-15(13)20;1-2/h3-4,7,9,13H,5-6,8H2,1-2H3,(H,16,19,20);1-2H3. The number of imide groups is 1. The molecule has 0 aliphatic carbocycles. The summed E-state index contributed by atoms with van der Waals surface area (Å²) in [5.74, 6) is -0.664. The molecular formula is C17H24N2O3. The van der Waals surface area contributed by atoms with Crippen LogP contribution in [0.25, 0.3) is 0 Å². The van der Waals surface area contributed by atoms with Gasteiger partial charge in [0.05, 0.1) is 0 Å². The van der Waals surface area contributed by atoms with Gasteiger partial charge in [-0.2, -0.15) is 0 Å². The Morgan fingerprint density at radius 2 is 1.95 bits per heavy atom. The predicted octanol–water partition coefficient (Wildman–Crippen LogP) is 2.09. The molecule has 0 spiro atoms. The molecule has 1 aromatic rings. The predicted molar refractivity (Wildman–Crippen MR) is 85.0 cm³/mol. The van der Waals surface area contributed by atoms with Gasteiger partial charge in [0.1, 0.15) is 6.04 Å². The summed E-state index contributed by atoms with van der Waals surface area (Å²) < 4.78 is 0. The van der Waals surface area contributed by atoms with Gasteiger partial charge in [-0.05, 0) is 31.4 Å². The fourth-order valence-electron chi connectivity index (χ4n) is 2.39. The summed E-state index contributed by atoms with van der Waals surface area (Å²) in [4.78, 5) is 35.7. The highest BCUT2D eigenvalue weighted by Gasteiger charge is 2.31. The summed E-state index contributed by atoms with van der Waals surface area (Å²) in [5.41, 5.74) is 3.20. The maximum Gasteiger partial charge on any atom is 0.249 e. The van der Waals surface area contributed by atoms with Crippen LogP contribution in [0.15, 0.2) is 18.2 Å². The Morgan fingerprint density at radius 3 is 2.55 bits per heavy atom. The zero-order valence-electron chi connectivity index (χ0n) is 13.7. The third kappa shape index (κ3) is 4.41. The molecule has 5 nitrogen and oxygen atoms in total. The number of amides is 3. The van der Waals surface area contributed by atoms with Crippen LogP contribution in [0.4, 0.5) is 0 Å². The number of hydrogen-bond donors (Lipinski definition) is 1. The molecule has 0 radical (unpaired) electrons. The minimum Gasteiger partial charge on any atom is -0.329 e. The van der Waals surface area contributed by atoms with Crippen molar-refractivity contribution >= 4 is 18.2 Å². The summed E-state index contributed by atoms with van der Waals surface area (Å²) >= 11 is 0. The van der Waals surface area contributed by atoms with Crippen LogP contribution in [-0.2, 0) is 20.9 Å². The number of hydrogen-bond acceptors (Lipinski definition) is 3. The van der Waals surface area contributed by atoms with E-state index < -0.39 is 11.9 Å². The number of carbonyl (C=O) groups excluding carboxylic acids is 3. The van der Waals surface area contributed by atoms with Gasteiger partial charge < -0.3 is 4.90 Å². The van der Waals surface area contributed by atoms with Gasteiger partial charge >= 0.3 is 0 Å². The van der Waals surface area contributed by atoms with E-state index in [0.717, 1.165) is 16.7 Å². The zero-order chi connectivity index (χ0) is 16.7. The topological polar surface area (TPSA) is 66.5 Å². The average Bonchev–Trinajstić information content (AvgIpc) is 2.51. The van der Waals surface area contributed by atoms with Crippen molar-refractivity contribution in [3.63, 3.8) is 0 Å². The summed E-state index contributed by atoms with van der Waals surface area (Å²) in [5, 5.41) is 2.28. The second-order valence-electron chi connectivity index (χ2n) is 5.17. The zero-order valence-corrected chi connectivity index (χ0v) is 13.7.